The van der Waals surface area contributed by atoms with E-state index in [0.717, 1.165) is 48.6 Å². The molecule has 2 aromatic carbocycles. The molecule has 2 heterocycles. The van der Waals surface area contributed by atoms with Crippen molar-refractivity contribution in [3.63, 3.8) is 0 Å². The zero-order valence-corrected chi connectivity index (χ0v) is 18.1. The van der Waals surface area contributed by atoms with Gasteiger partial charge in [0.25, 0.3) is 0 Å². The topological polar surface area (TPSA) is 58.8 Å². The molecule has 0 spiro atoms. The highest BCUT2D eigenvalue weighted by molar-refractivity contribution is 6.30. The minimum absolute atomic E-state index is 0.156. The Morgan fingerprint density at radius 1 is 1.06 bits per heavy atom. The van der Waals surface area contributed by atoms with Crippen LogP contribution < -0.4 is 9.64 Å². The second-order valence-electron chi connectivity index (χ2n) is 8.12. The summed E-state index contributed by atoms with van der Waals surface area (Å²) in [7, 11) is 1.69. The second-order valence-corrected chi connectivity index (χ2v) is 8.55. The maximum absolute atomic E-state index is 13.4. The first-order valence-corrected chi connectivity index (χ1v) is 10.9. The largest absolute Gasteiger partial charge is 0.495 e. The van der Waals surface area contributed by atoms with Crippen LogP contribution in [0.15, 0.2) is 59.1 Å². The molecule has 1 aromatic heterocycles. The number of carbonyl (C=O) groups excluding carboxylic acids is 1. The fraction of sp³-hybridized carbons (Fsp3) is 0.333. The van der Waals surface area contributed by atoms with Crippen LogP contribution in [-0.4, -0.2) is 49.3 Å². The molecule has 2 aliphatic rings. The van der Waals surface area contributed by atoms with Gasteiger partial charge in [-0.2, -0.15) is 0 Å². The number of ether oxygens (including phenoxy) is 1. The average molecular weight is 438 g/mol. The molecule has 3 aromatic rings. The maximum Gasteiger partial charge on any atom is 0.235 e. The van der Waals surface area contributed by atoms with Gasteiger partial charge in [-0.15, -0.1) is 0 Å². The van der Waals surface area contributed by atoms with Crippen LogP contribution in [0.25, 0.3) is 11.3 Å². The molecule has 7 heteroatoms. The quantitative estimate of drug-likeness (QED) is 0.592. The van der Waals surface area contributed by atoms with E-state index in [9.17, 15) is 4.79 Å². The van der Waals surface area contributed by atoms with Gasteiger partial charge in [0.2, 0.25) is 5.91 Å². The van der Waals surface area contributed by atoms with Crippen molar-refractivity contribution in [1.82, 2.24) is 10.1 Å². The Bertz CT molecular complexity index is 1080. The van der Waals surface area contributed by atoms with Gasteiger partial charge in [0.1, 0.15) is 5.75 Å². The van der Waals surface area contributed by atoms with Gasteiger partial charge in [0.05, 0.1) is 23.9 Å². The number of anilines is 1. The van der Waals surface area contributed by atoms with Gasteiger partial charge < -0.3 is 19.1 Å². The Labute approximate surface area is 186 Å². The summed E-state index contributed by atoms with van der Waals surface area (Å²) >= 11 is 5.97. The molecule has 0 bridgehead atoms. The summed E-state index contributed by atoms with van der Waals surface area (Å²) in [5.41, 5.74) is 2.16. The zero-order valence-electron chi connectivity index (χ0n) is 17.4. The second kappa shape index (κ2) is 7.93. The number of para-hydroxylation sites is 2. The number of rotatable bonds is 5. The van der Waals surface area contributed by atoms with E-state index in [1.807, 2.05) is 53.4 Å². The summed E-state index contributed by atoms with van der Waals surface area (Å²) in [6.45, 7) is 2.91. The number of methoxy groups -OCH3 is 1. The number of nitrogens with zero attached hydrogens (tertiary/aromatic N) is 3. The number of aromatic nitrogens is 1. The number of benzene rings is 2. The van der Waals surface area contributed by atoms with Crippen LogP contribution in [0.2, 0.25) is 5.02 Å². The van der Waals surface area contributed by atoms with Gasteiger partial charge in [-0.05, 0) is 49.2 Å². The van der Waals surface area contributed by atoms with Crippen LogP contribution in [0.5, 0.6) is 5.75 Å². The van der Waals surface area contributed by atoms with Crippen LogP contribution in [0.1, 0.15) is 18.5 Å². The standard InChI is InChI=1S/C24H24ClN3O3/c1-30-20-5-3-2-4-19(20)27-12-14-28(15-13-27)23(29)24(10-11-24)22-16-21(31-26-22)17-6-8-18(25)9-7-17/h2-9,16H,10-15H2,1H3. The third-order valence-corrected chi connectivity index (χ3v) is 6.53. The first kappa shape index (κ1) is 19.9. The minimum Gasteiger partial charge on any atom is -0.495 e. The number of hydrogen-bond donors (Lipinski definition) is 0. The third-order valence-electron chi connectivity index (χ3n) is 6.28. The lowest BCUT2D eigenvalue weighted by Crippen LogP contribution is -2.51. The number of piperazine rings is 1. The molecule has 0 radical (unpaired) electrons. The molecule has 0 unspecified atom stereocenters. The molecule has 1 aliphatic carbocycles. The van der Waals surface area contributed by atoms with E-state index in [4.69, 9.17) is 20.9 Å². The van der Waals surface area contributed by atoms with Crippen molar-refractivity contribution in [2.75, 3.05) is 38.2 Å². The molecule has 2 fully saturated rings. The van der Waals surface area contributed by atoms with E-state index >= 15 is 0 Å². The molecule has 0 N–H and O–H groups in total. The van der Waals surface area contributed by atoms with Crippen molar-refractivity contribution >= 4 is 23.2 Å². The Hall–Kier alpha value is -2.99. The number of carbonyl (C=O) groups is 1. The van der Waals surface area contributed by atoms with Crippen molar-refractivity contribution in [2.24, 2.45) is 0 Å². The lowest BCUT2D eigenvalue weighted by molar-refractivity contribution is -0.134. The molecule has 1 saturated heterocycles. The van der Waals surface area contributed by atoms with Crippen LogP contribution in [0.3, 0.4) is 0 Å². The van der Waals surface area contributed by atoms with Gasteiger partial charge in [-0.25, -0.2) is 0 Å². The van der Waals surface area contributed by atoms with Crippen molar-refractivity contribution in [2.45, 2.75) is 18.3 Å². The molecule has 5 rings (SSSR count). The average Bonchev–Trinajstić information content (AvgIpc) is 3.48. The molecular weight excluding hydrogens is 414 g/mol. The number of amides is 1. The molecule has 6 nitrogen and oxygen atoms in total. The fourth-order valence-corrected chi connectivity index (χ4v) is 4.43. The van der Waals surface area contributed by atoms with Crippen LogP contribution in [0, 0.1) is 0 Å². The fourth-order valence-electron chi connectivity index (χ4n) is 4.30. The lowest BCUT2D eigenvalue weighted by Gasteiger charge is -2.37. The predicted octanol–water partition coefficient (Wildman–Crippen LogP) is 4.38. The summed E-state index contributed by atoms with van der Waals surface area (Å²) in [6, 6.07) is 17.3. The highest BCUT2D eigenvalue weighted by Crippen LogP contribution is 2.50. The van der Waals surface area contributed by atoms with Gasteiger partial charge in [-0.3, -0.25) is 4.79 Å². The van der Waals surface area contributed by atoms with Gasteiger partial charge in [-0.1, -0.05) is 28.9 Å². The van der Waals surface area contributed by atoms with E-state index < -0.39 is 5.41 Å². The SMILES string of the molecule is COc1ccccc1N1CCN(C(=O)C2(c3cc(-c4ccc(Cl)cc4)on3)CC2)CC1. The Morgan fingerprint density at radius 2 is 1.77 bits per heavy atom. The summed E-state index contributed by atoms with van der Waals surface area (Å²) < 4.78 is 11.1. The van der Waals surface area contributed by atoms with E-state index in [1.54, 1.807) is 7.11 Å². The molecule has 1 saturated carbocycles. The van der Waals surface area contributed by atoms with E-state index in [0.29, 0.717) is 23.9 Å². The predicted molar refractivity (Wildman–Crippen MR) is 120 cm³/mol. The maximum atomic E-state index is 13.4. The summed E-state index contributed by atoms with van der Waals surface area (Å²) in [6.07, 6.45) is 1.62. The molecule has 31 heavy (non-hydrogen) atoms. The highest BCUT2D eigenvalue weighted by atomic mass is 35.5. The number of halogens is 1. The normalized spacial score (nSPS) is 17.5. The molecule has 160 valence electrons. The van der Waals surface area contributed by atoms with Gasteiger partial charge in [0.15, 0.2) is 5.76 Å². The van der Waals surface area contributed by atoms with Gasteiger partial charge >= 0.3 is 0 Å². The molecule has 1 amide bonds. The lowest BCUT2D eigenvalue weighted by atomic mass is 9.99. The van der Waals surface area contributed by atoms with Crippen molar-refractivity contribution in [3.05, 3.63) is 65.3 Å². The van der Waals surface area contributed by atoms with Crippen molar-refractivity contribution in [1.29, 1.82) is 0 Å². The Balaban J connectivity index is 1.28. The van der Waals surface area contributed by atoms with E-state index in [1.165, 1.54) is 0 Å². The van der Waals surface area contributed by atoms with Crippen LogP contribution in [0.4, 0.5) is 5.69 Å². The van der Waals surface area contributed by atoms with E-state index in [2.05, 4.69) is 16.1 Å². The monoisotopic (exact) mass is 437 g/mol. The summed E-state index contributed by atoms with van der Waals surface area (Å²) in [5.74, 6) is 1.67. The Morgan fingerprint density at radius 3 is 2.45 bits per heavy atom. The Kier molecular flexibility index (Phi) is 5.10. The van der Waals surface area contributed by atoms with Crippen LogP contribution in [-0.2, 0) is 10.2 Å². The zero-order chi connectivity index (χ0) is 21.4. The summed E-state index contributed by atoms with van der Waals surface area (Å²) in [5, 5.41) is 4.94. The highest BCUT2D eigenvalue weighted by Gasteiger charge is 2.55. The molecular formula is C24H24ClN3O3. The smallest absolute Gasteiger partial charge is 0.235 e. The number of hydrogen-bond acceptors (Lipinski definition) is 5. The molecule has 1 aliphatic heterocycles. The van der Waals surface area contributed by atoms with Crippen molar-refractivity contribution < 1.29 is 14.1 Å². The first-order chi connectivity index (χ1) is 15.1. The first-order valence-electron chi connectivity index (χ1n) is 10.5. The van der Waals surface area contributed by atoms with Crippen LogP contribution >= 0.6 is 11.6 Å². The van der Waals surface area contributed by atoms with Crippen molar-refractivity contribution in [3.8, 4) is 17.1 Å². The molecule has 0 atom stereocenters. The third kappa shape index (κ3) is 3.65. The summed E-state index contributed by atoms with van der Waals surface area (Å²) in [4.78, 5) is 17.7. The van der Waals surface area contributed by atoms with Gasteiger partial charge in [0, 0.05) is 42.8 Å². The van der Waals surface area contributed by atoms with E-state index in [-0.39, 0.29) is 5.91 Å². The minimum atomic E-state index is -0.541.